The van der Waals surface area contributed by atoms with Crippen LogP contribution in [0.1, 0.15) is 18.1 Å². The first-order chi connectivity index (χ1) is 13.7. The normalized spacial score (nSPS) is 16.9. The molecule has 0 radical (unpaired) electrons. The van der Waals surface area contributed by atoms with Gasteiger partial charge in [0.05, 0.1) is 10.6 Å². The molecule has 30 heavy (non-hydrogen) atoms. The summed E-state index contributed by atoms with van der Waals surface area (Å²) in [7, 11) is -4.00. The molecule has 3 rings (SSSR count). The Morgan fingerprint density at radius 1 is 1.20 bits per heavy atom. The molecule has 6 nitrogen and oxygen atoms in total. The zero-order chi connectivity index (χ0) is 21.2. The van der Waals surface area contributed by atoms with Crippen molar-refractivity contribution in [1.29, 1.82) is 0 Å². The molecule has 0 spiro atoms. The van der Waals surface area contributed by atoms with Gasteiger partial charge in [0.2, 0.25) is 0 Å². The van der Waals surface area contributed by atoms with Gasteiger partial charge < -0.3 is 15.0 Å². The van der Waals surface area contributed by atoms with Crippen molar-refractivity contribution < 1.29 is 21.9 Å². The monoisotopic (exact) mass is 461 g/mol. The zero-order valence-corrected chi connectivity index (χ0v) is 18.6. The summed E-state index contributed by atoms with van der Waals surface area (Å²) in [5.74, 6) is -0.225. The van der Waals surface area contributed by atoms with E-state index >= 15 is 0 Å². The number of hydrogen-bond acceptors (Lipinski definition) is 5. The Bertz CT molecular complexity index is 989. The van der Waals surface area contributed by atoms with E-state index in [0.29, 0.717) is 11.6 Å². The molecule has 0 aromatic heterocycles. The van der Waals surface area contributed by atoms with Gasteiger partial charge in [-0.25, -0.2) is 8.42 Å². The summed E-state index contributed by atoms with van der Waals surface area (Å²) in [6.45, 7) is 5.04. The molecule has 2 aromatic carbocycles. The van der Waals surface area contributed by atoms with Gasteiger partial charge >= 0.3 is 6.61 Å². The minimum atomic E-state index is -4.00. The van der Waals surface area contributed by atoms with Crippen molar-refractivity contribution in [3.05, 3.63) is 47.5 Å². The maximum atomic E-state index is 13.0. The Balaban J connectivity index is 0.00000320. The Morgan fingerprint density at radius 3 is 2.60 bits per heavy atom. The number of alkyl halides is 2. The maximum Gasteiger partial charge on any atom is 0.387 e. The summed E-state index contributed by atoms with van der Waals surface area (Å²) in [5.41, 5.74) is 2.50. The van der Waals surface area contributed by atoms with Crippen LogP contribution in [0.3, 0.4) is 0 Å². The van der Waals surface area contributed by atoms with Crippen LogP contribution in [-0.4, -0.2) is 40.7 Å². The van der Waals surface area contributed by atoms with Crippen molar-refractivity contribution in [2.45, 2.75) is 38.3 Å². The summed E-state index contributed by atoms with van der Waals surface area (Å²) in [6.07, 6.45) is 0. The van der Waals surface area contributed by atoms with Crippen molar-refractivity contribution in [1.82, 2.24) is 5.32 Å². The molecule has 0 aliphatic carbocycles. The number of benzene rings is 2. The predicted octanol–water partition coefficient (Wildman–Crippen LogP) is 3.93. The third-order valence-corrected chi connectivity index (χ3v) is 6.16. The molecule has 1 unspecified atom stereocenters. The first-order valence-corrected chi connectivity index (χ1v) is 10.8. The number of anilines is 2. The molecular formula is C20H26ClF2N3O3S. The van der Waals surface area contributed by atoms with E-state index in [4.69, 9.17) is 0 Å². The third-order valence-electron chi connectivity index (χ3n) is 4.80. The quantitative estimate of drug-likeness (QED) is 0.682. The van der Waals surface area contributed by atoms with E-state index in [9.17, 15) is 17.2 Å². The topological polar surface area (TPSA) is 70.7 Å². The van der Waals surface area contributed by atoms with E-state index in [1.165, 1.54) is 18.2 Å². The Hall–Kier alpha value is -2.10. The van der Waals surface area contributed by atoms with Crippen molar-refractivity contribution in [3.8, 4) is 5.75 Å². The number of nitrogens with one attached hydrogen (secondary N) is 2. The molecule has 1 heterocycles. The number of rotatable bonds is 6. The molecule has 0 saturated carbocycles. The highest BCUT2D eigenvalue weighted by Gasteiger charge is 2.22. The fourth-order valence-electron chi connectivity index (χ4n) is 3.37. The van der Waals surface area contributed by atoms with E-state index in [1.54, 1.807) is 25.1 Å². The third kappa shape index (κ3) is 5.74. The van der Waals surface area contributed by atoms with Crippen molar-refractivity contribution in [2.24, 2.45) is 0 Å². The van der Waals surface area contributed by atoms with Gasteiger partial charge in [-0.1, -0.05) is 12.1 Å². The zero-order valence-electron chi connectivity index (χ0n) is 17.0. The largest absolute Gasteiger partial charge is 0.433 e. The molecule has 2 aromatic rings. The minimum absolute atomic E-state index is 0. The van der Waals surface area contributed by atoms with Gasteiger partial charge in [0.1, 0.15) is 5.75 Å². The van der Waals surface area contributed by atoms with Crippen LogP contribution in [0.2, 0.25) is 0 Å². The molecule has 10 heteroatoms. The molecular weight excluding hydrogens is 436 g/mol. The van der Waals surface area contributed by atoms with Crippen LogP contribution in [0.4, 0.5) is 20.2 Å². The SMILES string of the molecule is Cc1ccc(OC(F)F)c(NS(=O)(=O)c2ccc(C)c(N3CCNC(C)C3)c2)c1.Cl. The van der Waals surface area contributed by atoms with E-state index in [0.717, 1.165) is 30.9 Å². The molecule has 0 amide bonds. The number of sulfonamides is 1. The Labute approximate surface area is 182 Å². The van der Waals surface area contributed by atoms with E-state index in [1.807, 2.05) is 6.92 Å². The molecule has 0 bridgehead atoms. The van der Waals surface area contributed by atoms with Gasteiger partial charge in [-0.05, 0) is 56.2 Å². The van der Waals surface area contributed by atoms with Gasteiger partial charge in [-0.3, -0.25) is 4.72 Å². The molecule has 1 aliphatic rings. The van der Waals surface area contributed by atoms with Crippen LogP contribution in [0.5, 0.6) is 5.75 Å². The van der Waals surface area contributed by atoms with Crippen molar-refractivity contribution in [2.75, 3.05) is 29.3 Å². The number of hydrogen-bond donors (Lipinski definition) is 2. The second-order valence-corrected chi connectivity index (χ2v) is 8.92. The van der Waals surface area contributed by atoms with Gasteiger partial charge in [-0.15, -0.1) is 12.4 Å². The Morgan fingerprint density at radius 2 is 1.93 bits per heavy atom. The first-order valence-electron chi connectivity index (χ1n) is 9.33. The summed E-state index contributed by atoms with van der Waals surface area (Å²) in [5, 5.41) is 3.36. The first kappa shape index (κ1) is 24.2. The van der Waals surface area contributed by atoms with E-state index in [-0.39, 0.29) is 28.7 Å². The standard InChI is InChI=1S/C20H25F2N3O3S.ClH/c1-13-4-7-19(28-20(21)22)17(10-13)24-29(26,27)16-6-5-14(2)18(11-16)25-9-8-23-15(3)12-25;/h4-7,10-11,15,20,23-24H,8-9,12H2,1-3H3;1H. The molecule has 1 aliphatic heterocycles. The van der Waals surface area contributed by atoms with Crippen LogP contribution >= 0.6 is 12.4 Å². The van der Waals surface area contributed by atoms with Crippen molar-refractivity contribution in [3.63, 3.8) is 0 Å². The lowest BCUT2D eigenvalue weighted by Crippen LogP contribution is -2.49. The summed E-state index contributed by atoms with van der Waals surface area (Å²) in [4.78, 5) is 2.21. The highest BCUT2D eigenvalue weighted by molar-refractivity contribution is 7.92. The van der Waals surface area contributed by atoms with Crippen LogP contribution in [0, 0.1) is 13.8 Å². The lowest BCUT2D eigenvalue weighted by atomic mass is 10.1. The van der Waals surface area contributed by atoms with E-state index in [2.05, 4.69) is 26.6 Å². The Kier molecular flexibility index (Phi) is 7.90. The fourth-order valence-corrected chi connectivity index (χ4v) is 4.46. The molecule has 166 valence electrons. The molecule has 1 saturated heterocycles. The van der Waals surface area contributed by atoms with Crippen LogP contribution in [0.15, 0.2) is 41.3 Å². The lowest BCUT2D eigenvalue weighted by molar-refractivity contribution is -0.0493. The molecule has 1 atom stereocenters. The number of halogens is 3. The van der Waals surface area contributed by atoms with Gasteiger partial charge in [0, 0.05) is 31.4 Å². The summed E-state index contributed by atoms with van der Waals surface area (Å²) < 4.78 is 58.2. The predicted molar refractivity (Wildman–Crippen MR) is 117 cm³/mol. The van der Waals surface area contributed by atoms with Crippen LogP contribution < -0.4 is 19.7 Å². The van der Waals surface area contributed by atoms with Crippen LogP contribution in [0.25, 0.3) is 0 Å². The van der Waals surface area contributed by atoms with Crippen molar-refractivity contribution >= 4 is 33.8 Å². The number of nitrogens with zero attached hydrogens (tertiary/aromatic N) is 1. The van der Waals surface area contributed by atoms with Gasteiger partial charge in [-0.2, -0.15) is 8.78 Å². The highest BCUT2D eigenvalue weighted by atomic mass is 35.5. The lowest BCUT2D eigenvalue weighted by Gasteiger charge is -2.34. The number of piperazine rings is 1. The fraction of sp³-hybridized carbons (Fsp3) is 0.400. The average molecular weight is 462 g/mol. The molecule has 1 fully saturated rings. The van der Waals surface area contributed by atoms with E-state index < -0.39 is 16.6 Å². The van der Waals surface area contributed by atoms with Crippen LogP contribution in [-0.2, 0) is 10.0 Å². The second-order valence-electron chi connectivity index (χ2n) is 7.23. The molecule has 2 N–H and O–H groups in total. The van der Waals surface area contributed by atoms with Gasteiger partial charge in [0.25, 0.3) is 10.0 Å². The number of ether oxygens (including phenoxy) is 1. The minimum Gasteiger partial charge on any atom is -0.433 e. The second kappa shape index (κ2) is 9.80. The average Bonchev–Trinajstić information content (AvgIpc) is 2.63. The highest BCUT2D eigenvalue weighted by Crippen LogP contribution is 2.31. The number of aryl methyl sites for hydroxylation is 2. The maximum absolute atomic E-state index is 13.0. The summed E-state index contributed by atoms with van der Waals surface area (Å²) in [6, 6.07) is 9.54. The summed E-state index contributed by atoms with van der Waals surface area (Å²) >= 11 is 0. The van der Waals surface area contributed by atoms with Gasteiger partial charge in [0.15, 0.2) is 0 Å². The smallest absolute Gasteiger partial charge is 0.387 e.